The van der Waals surface area contributed by atoms with Crippen LogP contribution in [0.1, 0.15) is 11.1 Å². The molecule has 0 unspecified atom stereocenters. The molecule has 50 heavy (non-hydrogen) atoms. The highest BCUT2D eigenvalue weighted by molar-refractivity contribution is 6.11. The maximum absolute atomic E-state index is 10.4. The van der Waals surface area contributed by atoms with Gasteiger partial charge < -0.3 is 9.13 Å². The molecule has 0 aliphatic rings. The standard InChI is InChI=1S/C45H25N5/c1-48-34-20-21-35(45(26-34)50-41-11-5-2-8-36(41)37-9-3-6-12-42(37)50)31-17-15-30(16-18-31)32-19-23-40(33(25-32)28-47)49-43-13-7-4-10-38(43)39-24-29(27-46)14-22-44(39)49/h2-26H. The van der Waals surface area contributed by atoms with Crippen molar-refractivity contribution in [3.05, 3.63) is 174 Å². The van der Waals surface area contributed by atoms with Crippen molar-refractivity contribution in [2.24, 2.45) is 0 Å². The highest BCUT2D eigenvalue weighted by Gasteiger charge is 2.18. The van der Waals surface area contributed by atoms with Gasteiger partial charge in [-0.25, -0.2) is 4.85 Å². The summed E-state index contributed by atoms with van der Waals surface area (Å²) < 4.78 is 4.37. The van der Waals surface area contributed by atoms with Crippen molar-refractivity contribution in [1.29, 1.82) is 10.5 Å². The normalized spacial score (nSPS) is 11.1. The lowest BCUT2D eigenvalue weighted by Crippen LogP contribution is -1.98. The van der Waals surface area contributed by atoms with Crippen molar-refractivity contribution in [3.63, 3.8) is 0 Å². The number of benzene rings is 7. The summed E-state index contributed by atoms with van der Waals surface area (Å²) in [7, 11) is 0. The Morgan fingerprint density at radius 3 is 1.64 bits per heavy atom. The molecular formula is C45H25N5. The molecule has 5 nitrogen and oxygen atoms in total. The number of nitrogens with zero attached hydrogens (tertiary/aromatic N) is 5. The maximum atomic E-state index is 10.4. The van der Waals surface area contributed by atoms with Gasteiger partial charge in [0.05, 0.1) is 51.5 Å². The summed E-state index contributed by atoms with van der Waals surface area (Å²) in [6.45, 7) is 7.76. The molecule has 0 N–H and O–H groups in total. The van der Waals surface area contributed by atoms with Crippen molar-refractivity contribution in [3.8, 4) is 45.8 Å². The van der Waals surface area contributed by atoms with Gasteiger partial charge in [0.1, 0.15) is 6.07 Å². The molecule has 0 saturated carbocycles. The molecule has 0 saturated heterocycles. The fourth-order valence-corrected chi connectivity index (χ4v) is 7.35. The Hall–Kier alpha value is -7.39. The molecule has 9 rings (SSSR count). The largest absolute Gasteiger partial charge is 0.310 e. The first-order valence-corrected chi connectivity index (χ1v) is 16.3. The van der Waals surface area contributed by atoms with Crippen molar-refractivity contribution >= 4 is 49.3 Å². The van der Waals surface area contributed by atoms with E-state index in [0.29, 0.717) is 16.8 Å². The zero-order chi connectivity index (χ0) is 33.8. The molecular weight excluding hydrogens is 611 g/mol. The van der Waals surface area contributed by atoms with Gasteiger partial charge in [0.25, 0.3) is 0 Å². The van der Waals surface area contributed by atoms with Gasteiger partial charge in [-0.3, -0.25) is 0 Å². The second-order valence-corrected chi connectivity index (χ2v) is 12.3. The molecule has 7 aromatic carbocycles. The minimum atomic E-state index is 0.557. The van der Waals surface area contributed by atoms with Gasteiger partial charge in [-0.1, -0.05) is 97.1 Å². The molecule has 0 fully saturated rings. The quantitative estimate of drug-likeness (QED) is 0.181. The van der Waals surface area contributed by atoms with E-state index in [1.165, 1.54) is 10.8 Å². The molecule has 0 spiro atoms. The lowest BCUT2D eigenvalue weighted by Gasteiger charge is -2.15. The van der Waals surface area contributed by atoms with Crippen molar-refractivity contribution in [2.45, 2.75) is 0 Å². The van der Waals surface area contributed by atoms with Crippen LogP contribution in [0.5, 0.6) is 0 Å². The van der Waals surface area contributed by atoms with Crippen LogP contribution in [0.4, 0.5) is 5.69 Å². The molecule has 2 aromatic heterocycles. The van der Waals surface area contributed by atoms with E-state index in [-0.39, 0.29) is 0 Å². The molecule has 9 aromatic rings. The Morgan fingerprint density at radius 1 is 0.460 bits per heavy atom. The van der Waals surface area contributed by atoms with E-state index in [2.05, 4.69) is 111 Å². The van der Waals surface area contributed by atoms with E-state index in [1.807, 2.05) is 66.7 Å². The summed E-state index contributed by atoms with van der Waals surface area (Å²) in [5, 5.41) is 24.3. The average molecular weight is 636 g/mol. The van der Waals surface area contributed by atoms with E-state index in [9.17, 15) is 10.5 Å². The fraction of sp³-hybridized carbons (Fsp3) is 0. The zero-order valence-corrected chi connectivity index (χ0v) is 26.7. The van der Waals surface area contributed by atoms with Crippen molar-refractivity contribution < 1.29 is 0 Å². The van der Waals surface area contributed by atoms with Gasteiger partial charge in [-0.2, -0.15) is 10.5 Å². The van der Waals surface area contributed by atoms with Gasteiger partial charge in [0.2, 0.25) is 0 Å². The lowest BCUT2D eigenvalue weighted by atomic mass is 9.97. The topological polar surface area (TPSA) is 61.8 Å². The van der Waals surface area contributed by atoms with Crippen LogP contribution in [0.2, 0.25) is 0 Å². The Morgan fingerprint density at radius 2 is 1.02 bits per heavy atom. The number of para-hydroxylation sites is 3. The SMILES string of the molecule is [C-]#[N+]c1ccc(-c2ccc(-c3ccc(-n4c5ccccc5c5cc(C#N)ccc54)c(C#N)c3)cc2)c(-n2c3ccccc3c3ccccc32)c1. The Labute approximate surface area is 288 Å². The average Bonchev–Trinajstić information content (AvgIpc) is 3.70. The third-order valence-corrected chi connectivity index (χ3v) is 9.62. The summed E-state index contributed by atoms with van der Waals surface area (Å²) in [5.74, 6) is 0. The Bertz CT molecular complexity index is 2900. The van der Waals surface area contributed by atoms with Crippen LogP contribution in [0.25, 0.3) is 82.1 Å². The maximum Gasteiger partial charge on any atom is 0.189 e. The highest BCUT2D eigenvalue weighted by Crippen LogP contribution is 2.39. The summed E-state index contributed by atoms with van der Waals surface area (Å²) in [6.07, 6.45) is 0. The van der Waals surface area contributed by atoms with Crippen LogP contribution >= 0.6 is 0 Å². The molecule has 230 valence electrons. The first kappa shape index (κ1) is 28.8. The molecule has 0 radical (unpaired) electrons. The van der Waals surface area contributed by atoms with Gasteiger partial charge in [0, 0.05) is 32.8 Å². The number of nitriles is 2. The molecule has 0 amide bonds. The summed E-state index contributed by atoms with van der Waals surface area (Å²) in [6, 6.07) is 55.6. The third-order valence-electron chi connectivity index (χ3n) is 9.62. The van der Waals surface area contributed by atoms with Gasteiger partial charge in [0.15, 0.2) is 5.69 Å². The number of hydrogen-bond acceptors (Lipinski definition) is 2. The van der Waals surface area contributed by atoms with Crippen molar-refractivity contribution in [2.75, 3.05) is 0 Å². The zero-order valence-electron chi connectivity index (χ0n) is 26.7. The minimum absolute atomic E-state index is 0.557. The highest BCUT2D eigenvalue weighted by atomic mass is 15.0. The van der Waals surface area contributed by atoms with Crippen LogP contribution in [-0.4, -0.2) is 9.13 Å². The molecule has 0 aliphatic carbocycles. The van der Waals surface area contributed by atoms with E-state index in [0.717, 1.165) is 66.5 Å². The van der Waals surface area contributed by atoms with Crippen LogP contribution in [-0.2, 0) is 0 Å². The molecule has 2 heterocycles. The van der Waals surface area contributed by atoms with E-state index in [1.54, 1.807) is 0 Å². The Kier molecular flexibility index (Phi) is 6.56. The second kappa shape index (κ2) is 11.4. The number of aromatic nitrogens is 2. The van der Waals surface area contributed by atoms with Gasteiger partial charge in [-0.15, -0.1) is 0 Å². The number of hydrogen-bond donors (Lipinski definition) is 0. The predicted molar refractivity (Wildman–Crippen MR) is 202 cm³/mol. The second-order valence-electron chi connectivity index (χ2n) is 12.3. The molecule has 0 bridgehead atoms. The lowest BCUT2D eigenvalue weighted by molar-refractivity contribution is 1.17. The van der Waals surface area contributed by atoms with Gasteiger partial charge in [-0.05, 0) is 71.3 Å². The molecule has 0 atom stereocenters. The van der Waals surface area contributed by atoms with Crippen LogP contribution in [0.15, 0.2) is 152 Å². The van der Waals surface area contributed by atoms with E-state index < -0.39 is 0 Å². The third kappa shape index (κ3) is 4.38. The summed E-state index contributed by atoms with van der Waals surface area (Å²) in [4.78, 5) is 3.77. The Balaban J connectivity index is 1.15. The number of fused-ring (bicyclic) bond motifs is 6. The summed E-state index contributed by atoms with van der Waals surface area (Å²) in [5.41, 5.74) is 11.6. The van der Waals surface area contributed by atoms with Crippen LogP contribution < -0.4 is 0 Å². The van der Waals surface area contributed by atoms with Crippen molar-refractivity contribution in [1.82, 2.24) is 9.13 Å². The predicted octanol–water partition coefficient (Wildman–Crippen LogP) is 11.5. The number of rotatable bonds is 4. The van der Waals surface area contributed by atoms with E-state index >= 15 is 0 Å². The fourth-order valence-electron chi connectivity index (χ4n) is 7.35. The first-order chi connectivity index (χ1) is 24.7. The van der Waals surface area contributed by atoms with Gasteiger partial charge >= 0.3 is 0 Å². The first-order valence-electron chi connectivity index (χ1n) is 16.3. The van der Waals surface area contributed by atoms with E-state index in [4.69, 9.17) is 6.57 Å². The minimum Gasteiger partial charge on any atom is -0.310 e. The smallest absolute Gasteiger partial charge is 0.189 e. The molecule has 5 heteroatoms. The monoisotopic (exact) mass is 635 g/mol. The van der Waals surface area contributed by atoms with Crippen LogP contribution in [0, 0.1) is 29.2 Å². The molecule has 0 aliphatic heterocycles. The van der Waals surface area contributed by atoms with Crippen LogP contribution in [0.3, 0.4) is 0 Å². The summed E-state index contributed by atoms with van der Waals surface area (Å²) >= 11 is 0.